The quantitative estimate of drug-likeness (QED) is 0.707. The largest absolute Gasteiger partial charge is 0.452 e. The molecule has 0 aliphatic heterocycles. The van der Waals surface area contributed by atoms with Gasteiger partial charge in [0, 0.05) is 19.8 Å². The number of hydrogen-bond acceptors (Lipinski definition) is 7. The third-order valence-electron chi connectivity index (χ3n) is 3.72. The monoisotopic (exact) mass is 395 g/mol. The SMILES string of the molecule is CCc1noc(C)c1C(=O)OCC(=O)Nc1ccc(S(=O)(=O)N(C)C)cc1. The predicted octanol–water partition coefficient (Wildman–Crippen LogP) is 1.59. The van der Waals surface area contributed by atoms with E-state index in [0.717, 1.165) is 4.31 Å². The molecule has 10 heteroatoms. The van der Waals surface area contributed by atoms with Gasteiger partial charge in [0.2, 0.25) is 10.0 Å². The summed E-state index contributed by atoms with van der Waals surface area (Å²) in [7, 11) is -0.681. The normalized spacial score (nSPS) is 11.4. The highest BCUT2D eigenvalue weighted by Gasteiger charge is 2.21. The van der Waals surface area contributed by atoms with E-state index in [0.29, 0.717) is 23.6 Å². The molecule has 0 atom stereocenters. The number of anilines is 1. The molecule has 0 aliphatic carbocycles. The summed E-state index contributed by atoms with van der Waals surface area (Å²) in [6.45, 7) is 2.91. The topological polar surface area (TPSA) is 119 Å². The van der Waals surface area contributed by atoms with Crippen molar-refractivity contribution in [1.29, 1.82) is 0 Å². The van der Waals surface area contributed by atoms with Crippen molar-refractivity contribution >= 4 is 27.6 Å². The number of carbonyl (C=O) groups excluding carboxylic acids is 2. The van der Waals surface area contributed by atoms with E-state index in [9.17, 15) is 18.0 Å². The second-order valence-electron chi connectivity index (χ2n) is 5.85. The number of benzene rings is 1. The highest BCUT2D eigenvalue weighted by Crippen LogP contribution is 2.17. The van der Waals surface area contributed by atoms with Crippen LogP contribution in [0.15, 0.2) is 33.7 Å². The van der Waals surface area contributed by atoms with Crippen LogP contribution in [-0.4, -0.2) is 50.5 Å². The van der Waals surface area contributed by atoms with Crippen LogP contribution in [0.4, 0.5) is 5.69 Å². The zero-order valence-electron chi connectivity index (χ0n) is 15.5. The zero-order chi connectivity index (χ0) is 20.2. The van der Waals surface area contributed by atoms with E-state index in [1.807, 2.05) is 6.92 Å². The summed E-state index contributed by atoms with van der Waals surface area (Å²) in [4.78, 5) is 24.2. The summed E-state index contributed by atoms with van der Waals surface area (Å²) in [6.07, 6.45) is 0.496. The van der Waals surface area contributed by atoms with E-state index in [2.05, 4.69) is 10.5 Å². The summed E-state index contributed by atoms with van der Waals surface area (Å²) in [5.74, 6) is -0.915. The fourth-order valence-electron chi connectivity index (χ4n) is 2.24. The van der Waals surface area contributed by atoms with Crippen molar-refractivity contribution in [2.24, 2.45) is 0 Å². The Morgan fingerprint density at radius 1 is 1.22 bits per heavy atom. The molecule has 0 radical (unpaired) electrons. The Kier molecular flexibility index (Phi) is 6.34. The highest BCUT2D eigenvalue weighted by atomic mass is 32.2. The minimum atomic E-state index is -3.54. The van der Waals surface area contributed by atoms with Gasteiger partial charge in [0.25, 0.3) is 5.91 Å². The van der Waals surface area contributed by atoms with Gasteiger partial charge in [-0.3, -0.25) is 4.79 Å². The van der Waals surface area contributed by atoms with E-state index in [1.165, 1.54) is 38.4 Å². The molecule has 0 saturated carbocycles. The Balaban J connectivity index is 1.96. The van der Waals surface area contributed by atoms with Crippen LogP contribution in [0.2, 0.25) is 0 Å². The standard InChI is InChI=1S/C17H21N3O6S/c1-5-14-16(11(2)26-19-14)17(22)25-10-15(21)18-12-6-8-13(9-7-12)27(23,24)20(3)4/h6-9H,5,10H2,1-4H3,(H,18,21). The van der Waals surface area contributed by atoms with Crippen molar-refractivity contribution in [2.45, 2.75) is 25.2 Å². The van der Waals surface area contributed by atoms with Gasteiger partial charge in [0.05, 0.1) is 10.6 Å². The molecule has 0 saturated heterocycles. The Morgan fingerprint density at radius 3 is 2.41 bits per heavy atom. The Bertz CT molecular complexity index is 932. The fraction of sp³-hybridized carbons (Fsp3) is 0.353. The first-order chi connectivity index (χ1) is 12.7. The molecule has 0 unspecified atom stereocenters. The molecule has 9 nitrogen and oxygen atoms in total. The van der Waals surface area contributed by atoms with E-state index in [-0.39, 0.29) is 10.5 Å². The molecule has 1 amide bonds. The van der Waals surface area contributed by atoms with Crippen LogP contribution in [0.3, 0.4) is 0 Å². The molecule has 146 valence electrons. The molecule has 1 aromatic heterocycles. The van der Waals surface area contributed by atoms with Gasteiger partial charge in [0.1, 0.15) is 11.3 Å². The lowest BCUT2D eigenvalue weighted by atomic mass is 10.1. The molecule has 1 aromatic carbocycles. The summed E-state index contributed by atoms with van der Waals surface area (Å²) in [5, 5.41) is 6.29. The number of nitrogens with one attached hydrogen (secondary N) is 1. The van der Waals surface area contributed by atoms with Gasteiger partial charge in [-0.2, -0.15) is 0 Å². The summed E-state index contributed by atoms with van der Waals surface area (Å²) < 4.78 is 35.1. The average molecular weight is 395 g/mol. The first-order valence-corrected chi connectivity index (χ1v) is 9.55. The van der Waals surface area contributed by atoms with Gasteiger partial charge in [-0.15, -0.1) is 0 Å². The van der Waals surface area contributed by atoms with Gasteiger partial charge in [0.15, 0.2) is 6.61 Å². The molecule has 1 heterocycles. The van der Waals surface area contributed by atoms with E-state index < -0.39 is 28.5 Å². The first kappa shape index (κ1) is 20.6. The number of carbonyl (C=O) groups is 2. The van der Waals surface area contributed by atoms with Crippen molar-refractivity contribution in [3.8, 4) is 0 Å². The lowest BCUT2D eigenvalue weighted by Crippen LogP contribution is -2.23. The molecule has 0 spiro atoms. The van der Waals surface area contributed by atoms with Crippen molar-refractivity contribution in [3.05, 3.63) is 41.3 Å². The number of esters is 1. The van der Waals surface area contributed by atoms with Crippen LogP contribution in [0.5, 0.6) is 0 Å². The minimum Gasteiger partial charge on any atom is -0.452 e. The molecule has 2 rings (SSSR count). The average Bonchev–Trinajstić information content (AvgIpc) is 3.00. The number of hydrogen-bond donors (Lipinski definition) is 1. The lowest BCUT2D eigenvalue weighted by Gasteiger charge is -2.12. The summed E-state index contributed by atoms with van der Waals surface area (Å²) >= 11 is 0. The molecular formula is C17H21N3O6S. The Morgan fingerprint density at radius 2 is 1.85 bits per heavy atom. The van der Waals surface area contributed by atoms with Crippen molar-refractivity contribution in [3.63, 3.8) is 0 Å². The number of aromatic nitrogens is 1. The minimum absolute atomic E-state index is 0.104. The van der Waals surface area contributed by atoms with E-state index >= 15 is 0 Å². The van der Waals surface area contributed by atoms with Crippen LogP contribution in [-0.2, 0) is 26.0 Å². The Hall–Kier alpha value is -2.72. The molecule has 1 N–H and O–H groups in total. The maximum atomic E-state index is 12.1. The second-order valence-corrected chi connectivity index (χ2v) is 8.00. The van der Waals surface area contributed by atoms with Gasteiger partial charge in [-0.1, -0.05) is 12.1 Å². The number of aryl methyl sites for hydroxylation is 2. The number of rotatable bonds is 7. The number of sulfonamides is 1. The van der Waals surface area contributed by atoms with Gasteiger partial charge in [-0.25, -0.2) is 17.5 Å². The molecule has 0 aliphatic rings. The fourth-order valence-corrected chi connectivity index (χ4v) is 3.14. The third kappa shape index (κ3) is 4.72. The van der Waals surface area contributed by atoms with Crippen LogP contribution in [0, 0.1) is 6.92 Å². The maximum absolute atomic E-state index is 12.1. The van der Waals surface area contributed by atoms with E-state index in [1.54, 1.807) is 6.92 Å². The summed E-state index contributed by atoms with van der Waals surface area (Å²) in [5.41, 5.74) is 1.07. The maximum Gasteiger partial charge on any atom is 0.344 e. The molecule has 0 bridgehead atoms. The number of nitrogens with zero attached hydrogens (tertiary/aromatic N) is 2. The number of ether oxygens (including phenoxy) is 1. The summed E-state index contributed by atoms with van der Waals surface area (Å²) in [6, 6.07) is 5.67. The van der Waals surface area contributed by atoms with Crippen LogP contribution >= 0.6 is 0 Å². The number of amides is 1. The Labute approximate surface area is 157 Å². The molecule has 2 aromatic rings. The van der Waals surface area contributed by atoms with E-state index in [4.69, 9.17) is 9.26 Å². The third-order valence-corrected chi connectivity index (χ3v) is 5.55. The van der Waals surface area contributed by atoms with Crippen molar-refractivity contribution in [2.75, 3.05) is 26.0 Å². The molecular weight excluding hydrogens is 374 g/mol. The molecule has 0 fully saturated rings. The van der Waals surface area contributed by atoms with Crippen LogP contribution in [0.1, 0.15) is 28.7 Å². The van der Waals surface area contributed by atoms with Crippen LogP contribution < -0.4 is 5.32 Å². The lowest BCUT2D eigenvalue weighted by molar-refractivity contribution is -0.119. The zero-order valence-corrected chi connectivity index (χ0v) is 16.3. The van der Waals surface area contributed by atoms with Crippen LogP contribution in [0.25, 0.3) is 0 Å². The van der Waals surface area contributed by atoms with Gasteiger partial charge in [-0.05, 0) is 37.6 Å². The highest BCUT2D eigenvalue weighted by molar-refractivity contribution is 7.89. The predicted molar refractivity (Wildman–Crippen MR) is 96.8 cm³/mol. The van der Waals surface area contributed by atoms with Crippen molar-refractivity contribution in [1.82, 2.24) is 9.46 Å². The molecule has 27 heavy (non-hydrogen) atoms. The second kappa shape index (κ2) is 8.31. The first-order valence-electron chi connectivity index (χ1n) is 8.11. The van der Waals surface area contributed by atoms with Gasteiger partial charge < -0.3 is 14.6 Å². The smallest absolute Gasteiger partial charge is 0.344 e. The van der Waals surface area contributed by atoms with Crippen molar-refractivity contribution < 1.29 is 27.3 Å². The van der Waals surface area contributed by atoms with Gasteiger partial charge >= 0.3 is 5.97 Å².